The Morgan fingerprint density at radius 2 is 1.71 bits per heavy atom. The molecule has 0 atom stereocenters. The Balaban J connectivity index is 3.42. The third-order valence-electron chi connectivity index (χ3n) is 2.24. The van der Waals surface area contributed by atoms with Crippen LogP contribution in [0.1, 0.15) is 38.2 Å². The molecular formula is C9H12F5N3. The number of nitrogens with zero attached hydrogens (tertiary/aromatic N) is 3. The van der Waals surface area contributed by atoms with E-state index in [1.54, 1.807) is 0 Å². The van der Waals surface area contributed by atoms with Crippen molar-refractivity contribution < 1.29 is 22.0 Å². The summed E-state index contributed by atoms with van der Waals surface area (Å²) in [6.07, 6.45) is -5.68. The summed E-state index contributed by atoms with van der Waals surface area (Å²) in [7, 11) is 0. The Bertz CT molecular complexity index is 394. The van der Waals surface area contributed by atoms with E-state index in [9.17, 15) is 22.0 Å². The first kappa shape index (κ1) is 13.9. The number of halogens is 5. The quantitative estimate of drug-likeness (QED) is 0.779. The summed E-state index contributed by atoms with van der Waals surface area (Å²) >= 11 is 0. The molecule has 0 unspecified atom stereocenters. The number of aromatic nitrogens is 3. The highest BCUT2D eigenvalue weighted by molar-refractivity contribution is 5.19. The van der Waals surface area contributed by atoms with Gasteiger partial charge in [-0.2, -0.15) is 22.0 Å². The average molecular weight is 257 g/mol. The molecule has 0 aliphatic heterocycles. The molecule has 3 nitrogen and oxygen atoms in total. The SMILES string of the molecule is CCc1nnn(C(C)C)c1C(F)(F)C(F)(F)F. The van der Waals surface area contributed by atoms with Gasteiger partial charge in [0.1, 0.15) is 5.69 Å². The predicted octanol–water partition coefficient (Wildman–Crippen LogP) is 3.08. The van der Waals surface area contributed by atoms with Crippen molar-refractivity contribution >= 4 is 0 Å². The summed E-state index contributed by atoms with van der Waals surface area (Å²) in [5, 5.41) is 6.72. The van der Waals surface area contributed by atoms with E-state index in [0.717, 1.165) is 0 Å². The number of hydrogen-bond donors (Lipinski definition) is 0. The van der Waals surface area contributed by atoms with E-state index in [4.69, 9.17) is 0 Å². The van der Waals surface area contributed by atoms with E-state index < -0.39 is 23.8 Å². The van der Waals surface area contributed by atoms with Crippen LogP contribution in [0.15, 0.2) is 0 Å². The van der Waals surface area contributed by atoms with Crippen LogP contribution in [0.25, 0.3) is 0 Å². The van der Waals surface area contributed by atoms with Crippen LogP contribution in [0.2, 0.25) is 0 Å². The highest BCUT2D eigenvalue weighted by Gasteiger charge is 2.62. The standard InChI is InChI=1S/C9H12F5N3/c1-4-6-7(8(10,11)9(12,13)14)17(5(2)3)16-15-6/h5H,4H2,1-3H3. The summed E-state index contributed by atoms with van der Waals surface area (Å²) in [5.74, 6) is -4.94. The van der Waals surface area contributed by atoms with Gasteiger partial charge in [0, 0.05) is 6.04 Å². The molecule has 98 valence electrons. The normalized spacial score (nSPS) is 13.5. The lowest BCUT2D eigenvalue weighted by Gasteiger charge is -2.22. The fourth-order valence-electron chi connectivity index (χ4n) is 1.39. The Morgan fingerprint density at radius 1 is 1.18 bits per heavy atom. The second kappa shape index (κ2) is 4.23. The Morgan fingerprint density at radius 3 is 2.06 bits per heavy atom. The highest BCUT2D eigenvalue weighted by atomic mass is 19.4. The number of hydrogen-bond acceptors (Lipinski definition) is 2. The topological polar surface area (TPSA) is 30.7 Å². The van der Waals surface area contributed by atoms with E-state index in [0.29, 0.717) is 4.68 Å². The molecule has 0 aromatic carbocycles. The van der Waals surface area contributed by atoms with Gasteiger partial charge in [0.05, 0.1) is 5.69 Å². The van der Waals surface area contributed by atoms with Crippen molar-refractivity contribution in [1.29, 1.82) is 0 Å². The van der Waals surface area contributed by atoms with Gasteiger partial charge in [0.2, 0.25) is 0 Å². The van der Waals surface area contributed by atoms with Crippen molar-refractivity contribution in [2.24, 2.45) is 0 Å². The summed E-state index contributed by atoms with van der Waals surface area (Å²) in [6, 6.07) is -0.619. The first-order chi connectivity index (χ1) is 7.63. The molecule has 1 heterocycles. The van der Waals surface area contributed by atoms with Gasteiger partial charge in [-0.05, 0) is 20.3 Å². The van der Waals surface area contributed by atoms with Crippen LogP contribution < -0.4 is 0 Å². The maximum absolute atomic E-state index is 13.3. The van der Waals surface area contributed by atoms with Gasteiger partial charge in [0.15, 0.2) is 0 Å². The average Bonchev–Trinajstić information content (AvgIpc) is 2.59. The fraction of sp³-hybridized carbons (Fsp3) is 0.778. The summed E-state index contributed by atoms with van der Waals surface area (Å²) in [5.41, 5.74) is -1.50. The first-order valence-electron chi connectivity index (χ1n) is 5.02. The van der Waals surface area contributed by atoms with Crippen LogP contribution in [-0.2, 0) is 12.3 Å². The molecule has 0 saturated heterocycles. The van der Waals surface area contributed by atoms with Crippen LogP contribution in [0.4, 0.5) is 22.0 Å². The van der Waals surface area contributed by atoms with Crippen molar-refractivity contribution in [3.8, 4) is 0 Å². The van der Waals surface area contributed by atoms with Crippen LogP contribution in [0, 0.1) is 0 Å². The molecule has 0 saturated carbocycles. The minimum atomic E-state index is -5.65. The van der Waals surface area contributed by atoms with Crippen LogP contribution in [-0.4, -0.2) is 21.2 Å². The van der Waals surface area contributed by atoms with Gasteiger partial charge in [-0.1, -0.05) is 12.1 Å². The zero-order valence-electron chi connectivity index (χ0n) is 9.52. The van der Waals surface area contributed by atoms with Crippen molar-refractivity contribution in [1.82, 2.24) is 15.0 Å². The molecular weight excluding hydrogens is 245 g/mol. The molecule has 0 fully saturated rings. The second-order valence-corrected chi connectivity index (χ2v) is 3.85. The smallest absolute Gasteiger partial charge is 0.240 e. The molecule has 0 N–H and O–H groups in total. The lowest BCUT2D eigenvalue weighted by Crippen LogP contribution is -2.37. The molecule has 0 bridgehead atoms. The highest BCUT2D eigenvalue weighted by Crippen LogP contribution is 2.45. The predicted molar refractivity (Wildman–Crippen MR) is 49.7 cm³/mol. The molecule has 0 radical (unpaired) electrons. The number of alkyl halides is 5. The van der Waals surface area contributed by atoms with E-state index in [1.165, 1.54) is 20.8 Å². The molecule has 0 aliphatic rings. The lowest BCUT2D eigenvalue weighted by molar-refractivity contribution is -0.292. The van der Waals surface area contributed by atoms with E-state index in [1.807, 2.05) is 0 Å². The Labute approximate surface area is 94.6 Å². The van der Waals surface area contributed by atoms with Crippen molar-refractivity contribution in [2.45, 2.75) is 45.3 Å². The molecule has 0 amide bonds. The maximum atomic E-state index is 13.3. The Kier molecular flexibility index (Phi) is 3.45. The second-order valence-electron chi connectivity index (χ2n) is 3.85. The van der Waals surface area contributed by atoms with Crippen molar-refractivity contribution in [3.05, 3.63) is 11.4 Å². The monoisotopic (exact) mass is 257 g/mol. The Hall–Kier alpha value is -1.21. The molecule has 0 aliphatic carbocycles. The molecule has 1 aromatic heterocycles. The number of aryl methyl sites for hydroxylation is 1. The molecule has 0 spiro atoms. The minimum absolute atomic E-state index is 0.0340. The maximum Gasteiger partial charge on any atom is 0.459 e. The lowest BCUT2D eigenvalue weighted by atomic mass is 10.1. The van der Waals surface area contributed by atoms with Gasteiger partial charge in [-0.3, -0.25) is 0 Å². The number of rotatable bonds is 3. The molecule has 17 heavy (non-hydrogen) atoms. The minimum Gasteiger partial charge on any atom is -0.240 e. The molecule has 1 aromatic rings. The van der Waals surface area contributed by atoms with E-state index in [-0.39, 0.29) is 12.1 Å². The zero-order valence-corrected chi connectivity index (χ0v) is 9.52. The summed E-state index contributed by atoms with van der Waals surface area (Å²) < 4.78 is 64.3. The van der Waals surface area contributed by atoms with E-state index in [2.05, 4.69) is 10.3 Å². The van der Waals surface area contributed by atoms with Crippen molar-refractivity contribution in [2.75, 3.05) is 0 Å². The van der Waals surface area contributed by atoms with Crippen LogP contribution in [0.3, 0.4) is 0 Å². The van der Waals surface area contributed by atoms with Gasteiger partial charge >= 0.3 is 12.1 Å². The van der Waals surface area contributed by atoms with Crippen LogP contribution in [0.5, 0.6) is 0 Å². The summed E-state index contributed by atoms with van der Waals surface area (Å²) in [6.45, 7) is 4.37. The van der Waals surface area contributed by atoms with Gasteiger partial charge in [-0.25, -0.2) is 4.68 Å². The van der Waals surface area contributed by atoms with Gasteiger partial charge in [-0.15, -0.1) is 5.10 Å². The molecule has 1 rings (SSSR count). The third-order valence-corrected chi connectivity index (χ3v) is 2.24. The fourth-order valence-corrected chi connectivity index (χ4v) is 1.39. The van der Waals surface area contributed by atoms with Gasteiger partial charge < -0.3 is 0 Å². The van der Waals surface area contributed by atoms with Crippen LogP contribution >= 0.6 is 0 Å². The van der Waals surface area contributed by atoms with Crippen molar-refractivity contribution in [3.63, 3.8) is 0 Å². The zero-order chi connectivity index (χ0) is 13.4. The first-order valence-corrected chi connectivity index (χ1v) is 5.02. The third kappa shape index (κ3) is 2.25. The van der Waals surface area contributed by atoms with Gasteiger partial charge in [0.25, 0.3) is 0 Å². The largest absolute Gasteiger partial charge is 0.459 e. The molecule has 8 heteroatoms. The summed E-state index contributed by atoms with van der Waals surface area (Å²) in [4.78, 5) is 0. The van der Waals surface area contributed by atoms with E-state index >= 15 is 0 Å².